The summed E-state index contributed by atoms with van der Waals surface area (Å²) in [4.78, 5) is 4.04. The molecule has 1 heterocycles. The molecular formula is C11H18N2OS. The first-order chi connectivity index (χ1) is 6.91. The van der Waals surface area contributed by atoms with Crippen LogP contribution in [0.4, 0.5) is 0 Å². The summed E-state index contributed by atoms with van der Waals surface area (Å²) in [5.41, 5.74) is 1.05. The minimum absolute atomic E-state index is 0.0544. The fraction of sp³-hybridized carbons (Fsp3) is 0.545. The van der Waals surface area contributed by atoms with Crippen molar-refractivity contribution in [3.63, 3.8) is 0 Å². The molecule has 0 saturated heterocycles. The Kier molecular flexibility index (Phi) is 3.99. The largest absolute Gasteiger partial charge is 0.264 e. The lowest BCUT2D eigenvalue weighted by atomic mass is 10.2. The molecule has 1 aromatic heterocycles. The van der Waals surface area contributed by atoms with Crippen LogP contribution >= 0.6 is 0 Å². The Balaban J connectivity index is 2.65. The summed E-state index contributed by atoms with van der Waals surface area (Å²) in [7, 11) is -1.05. The lowest BCUT2D eigenvalue weighted by Crippen LogP contribution is -2.34. The first-order valence-corrected chi connectivity index (χ1v) is 6.14. The molecule has 0 bridgehead atoms. The van der Waals surface area contributed by atoms with E-state index >= 15 is 0 Å². The topological polar surface area (TPSA) is 42.0 Å². The van der Waals surface area contributed by atoms with E-state index in [-0.39, 0.29) is 10.8 Å². The molecule has 1 rings (SSSR count). The van der Waals surface area contributed by atoms with E-state index in [4.69, 9.17) is 0 Å². The smallest absolute Gasteiger partial charge is 0.0975 e. The van der Waals surface area contributed by atoms with Crippen LogP contribution < -0.4 is 4.72 Å². The predicted molar refractivity (Wildman–Crippen MR) is 63.7 cm³/mol. The van der Waals surface area contributed by atoms with Crippen molar-refractivity contribution in [3.05, 3.63) is 30.1 Å². The molecule has 2 unspecified atom stereocenters. The van der Waals surface area contributed by atoms with E-state index in [1.165, 1.54) is 0 Å². The van der Waals surface area contributed by atoms with Crippen molar-refractivity contribution < 1.29 is 4.21 Å². The second kappa shape index (κ2) is 4.86. The first kappa shape index (κ1) is 12.3. The highest BCUT2D eigenvalue weighted by atomic mass is 32.2. The fourth-order valence-electron chi connectivity index (χ4n) is 1.04. The second-order valence-electron chi connectivity index (χ2n) is 4.51. The van der Waals surface area contributed by atoms with Gasteiger partial charge in [0.1, 0.15) is 0 Å². The average molecular weight is 226 g/mol. The SMILES string of the molecule is CC(NS(=O)C(C)(C)C)c1cccnc1. The van der Waals surface area contributed by atoms with E-state index in [0.29, 0.717) is 0 Å². The third-order valence-corrected chi connectivity index (χ3v) is 3.70. The van der Waals surface area contributed by atoms with E-state index < -0.39 is 11.0 Å². The number of rotatable bonds is 3. The van der Waals surface area contributed by atoms with Gasteiger partial charge in [-0.3, -0.25) is 4.98 Å². The second-order valence-corrected chi connectivity index (χ2v) is 6.50. The molecule has 2 atom stereocenters. The first-order valence-electron chi connectivity index (χ1n) is 4.99. The zero-order valence-corrected chi connectivity index (χ0v) is 10.5. The Morgan fingerprint density at radius 1 is 1.47 bits per heavy atom. The van der Waals surface area contributed by atoms with E-state index in [1.807, 2.05) is 39.8 Å². The molecule has 84 valence electrons. The van der Waals surface area contributed by atoms with Gasteiger partial charge >= 0.3 is 0 Å². The summed E-state index contributed by atoms with van der Waals surface area (Å²) in [6.45, 7) is 7.84. The highest BCUT2D eigenvalue weighted by Crippen LogP contribution is 2.15. The molecule has 0 aliphatic rings. The standard InChI is InChI=1S/C11H18N2OS/c1-9(10-6-5-7-12-8-10)13-15(14)11(2,3)4/h5-9,13H,1-4H3. The van der Waals surface area contributed by atoms with E-state index in [2.05, 4.69) is 9.71 Å². The van der Waals surface area contributed by atoms with E-state index in [1.54, 1.807) is 12.4 Å². The quantitative estimate of drug-likeness (QED) is 0.858. The van der Waals surface area contributed by atoms with Crippen molar-refractivity contribution in [3.8, 4) is 0 Å². The van der Waals surface area contributed by atoms with Gasteiger partial charge in [-0.25, -0.2) is 8.93 Å². The highest BCUT2D eigenvalue weighted by Gasteiger charge is 2.21. The molecule has 0 saturated carbocycles. The number of hydrogen-bond acceptors (Lipinski definition) is 2. The Bertz CT molecular complexity index is 332. The van der Waals surface area contributed by atoms with Crippen LogP contribution in [0.2, 0.25) is 0 Å². The third-order valence-electron chi connectivity index (χ3n) is 2.02. The lowest BCUT2D eigenvalue weighted by Gasteiger charge is -2.21. The number of hydrogen-bond donors (Lipinski definition) is 1. The monoisotopic (exact) mass is 226 g/mol. The summed E-state index contributed by atoms with van der Waals surface area (Å²) < 4.78 is 14.7. The Morgan fingerprint density at radius 2 is 2.13 bits per heavy atom. The predicted octanol–water partition coefficient (Wildman–Crippen LogP) is 2.19. The van der Waals surface area contributed by atoms with Crippen molar-refractivity contribution in [1.29, 1.82) is 0 Å². The van der Waals surface area contributed by atoms with Gasteiger partial charge in [0, 0.05) is 18.4 Å². The van der Waals surface area contributed by atoms with E-state index in [9.17, 15) is 4.21 Å². The summed E-state index contributed by atoms with van der Waals surface area (Å²) in [5, 5.41) is 0. The van der Waals surface area contributed by atoms with Crippen molar-refractivity contribution in [1.82, 2.24) is 9.71 Å². The van der Waals surface area contributed by atoms with E-state index in [0.717, 1.165) is 5.56 Å². The van der Waals surface area contributed by atoms with Crippen LogP contribution in [0.15, 0.2) is 24.5 Å². The van der Waals surface area contributed by atoms with Crippen LogP contribution in [-0.4, -0.2) is 13.9 Å². The van der Waals surface area contributed by atoms with Gasteiger partial charge in [-0.2, -0.15) is 0 Å². The van der Waals surface area contributed by atoms with Gasteiger partial charge in [-0.15, -0.1) is 0 Å². The number of aromatic nitrogens is 1. The van der Waals surface area contributed by atoms with Gasteiger partial charge in [-0.1, -0.05) is 6.07 Å². The molecule has 0 amide bonds. The maximum atomic E-state index is 11.8. The fourth-order valence-corrected chi connectivity index (χ4v) is 1.85. The molecule has 1 N–H and O–H groups in total. The zero-order chi connectivity index (χ0) is 11.5. The molecule has 15 heavy (non-hydrogen) atoms. The average Bonchev–Trinajstić information content (AvgIpc) is 2.17. The Hall–Kier alpha value is -0.740. The lowest BCUT2D eigenvalue weighted by molar-refractivity contribution is 0.615. The van der Waals surface area contributed by atoms with Gasteiger partial charge in [0.05, 0.1) is 15.7 Å². The maximum absolute atomic E-state index is 11.8. The van der Waals surface area contributed by atoms with Crippen LogP contribution in [0.3, 0.4) is 0 Å². The van der Waals surface area contributed by atoms with Crippen molar-refractivity contribution >= 4 is 11.0 Å². The van der Waals surface area contributed by atoms with Crippen LogP contribution in [0, 0.1) is 0 Å². The molecule has 1 aromatic rings. The molecule has 0 aliphatic carbocycles. The minimum atomic E-state index is -1.05. The maximum Gasteiger partial charge on any atom is 0.0975 e. The summed E-state index contributed by atoms with van der Waals surface area (Å²) in [6.07, 6.45) is 3.52. The van der Waals surface area contributed by atoms with Crippen molar-refractivity contribution in [2.45, 2.75) is 38.5 Å². The van der Waals surface area contributed by atoms with Gasteiger partial charge in [0.25, 0.3) is 0 Å². The van der Waals surface area contributed by atoms with Gasteiger partial charge < -0.3 is 0 Å². The molecule has 0 aromatic carbocycles. The molecule has 0 fully saturated rings. The minimum Gasteiger partial charge on any atom is -0.264 e. The summed E-state index contributed by atoms with van der Waals surface area (Å²) >= 11 is 0. The van der Waals surface area contributed by atoms with Gasteiger partial charge in [0.2, 0.25) is 0 Å². The third kappa shape index (κ3) is 3.72. The van der Waals surface area contributed by atoms with Crippen molar-refractivity contribution in [2.24, 2.45) is 0 Å². The van der Waals surface area contributed by atoms with Crippen molar-refractivity contribution in [2.75, 3.05) is 0 Å². The van der Waals surface area contributed by atoms with Gasteiger partial charge in [0.15, 0.2) is 0 Å². The van der Waals surface area contributed by atoms with Gasteiger partial charge in [-0.05, 0) is 39.3 Å². The normalized spacial score (nSPS) is 16.0. The summed E-state index contributed by atoms with van der Waals surface area (Å²) in [5.74, 6) is 0. The number of pyridine rings is 1. The number of nitrogens with one attached hydrogen (secondary N) is 1. The van der Waals surface area contributed by atoms with Crippen LogP contribution in [0.1, 0.15) is 39.3 Å². The number of nitrogens with zero attached hydrogens (tertiary/aromatic N) is 1. The highest BCUT2D eigenvalue weighted by molar-refractivity contribution is 7.84. The van der Waals surface area contributed by atoms with Crippen LogP contribution in [0.5, 0.6) is 0 Å². The van der Waals surface area contributed by atoms with Crippen LogP contribution in [-0.2, 0) is 11.0 Å². The molecule has 0 spiro atoms. The molecular weight excluding hydrogens is 208 g/mol. The molecule has 4 heteroatoms. The molecule has 0 radical (unpaired) electrons. The molecule has 3 nitrogen and oxygen atoms in total. The Labute approximate surface area is 93.9 Å². The molecule has 0 aliphatic heterocycles. The zero-order valence-electron chi connectivity index (χ0n) is 9.65. The van der Waals surface area contributed by atoms with Crippen LogP contribution in [0.25, 0.3) is 0 Å². The Morgan fingerprint density at radius 3 is 2.60 bits per heavy atom. The summed E-state index contributed by atoms with van der Waals surface area (Å²) in [6, 6.07) is 3.91.